The molecule has 4 nitrogen and oxygen atoms in total. The number of amides is 1. The predicted molar refractivity (Wildman–Crippen MR) is 97.2 cm³/mol. The first-order valence-electron chi connectivity index (χ1n) is 8.12. The van der Waals surface area contributed by atoms with Crippen LogP contribution in [0, 0.1) is 5.82 Å². The molecule has 0 saturated heterocycles. The van der Waals surface area contributed by atoms with E-state index in [0.717, 1.165) is 12.8 Å². The highest BCUT2D eigenvalue weighted by atomic mass is 19.1. The zero-order chi connectivity index (χ0) is 18.2. The second-order valence-corrected chi connectivity index (χ2v) is 5.51. The van der Waals surface area contributed by atoms with Crippen LogP contribution in [0.25, 0.3) is 5.76 Å². The Morgan fingerprint density at radius 1 is 1.24 bits per heavy atom. The molecule has 0 aromatic heterocycles. The zero-order valence-corrected chi connectivity index (χ0v) is 14.5. The van der Waals surface area contributed by atoms with Crippen LogP contribution in [0.15, 0.2) is 49.0 Å². The highest BCUT2D eigenvalue weighted by Gasteiger charge is 2.13. The minimum absolute atomic E-state index is 0.189. The molecule has 0 aliphatic rings. The highest BCUT2D eigenvalue weighted by Crippen LogP contribution is 2.22. The van der Waals surface area contributed by atoms with Crippen molar-refractivity contribution in [2.24, 2.45) is 0 Å². The number of methoxy groups -OCH3 is 1. The van der Waals surface area contributed by atoms with Gasteiger partial charge in [0.25, 0.3) is 5.91 Å². The molecule has 0 saturated carbocycles. The molecule has 132 valence electrons. The van der Waals surface area contributed by atoms with Crippen molar-refractivity contribution < 1.29 is 18.7 Å². The van der Waals surface area contributed by atoms with Crippen molar-refractivity contribution in [1.29, 1.82) is 0 Å². The van der Waals surface area contributed by atoms with Crippen LogP contribution in [0.1, 0.15) is 35.7 Å². The van der Waals surface area contributed by atoms with E-state index in [0.29, 0.717) is 23.6 Å². The van der Waals surface area contributed by atoms with Crippen LogP contribution in [0.5, 0.6) is 5.75 Å². The number of rotatable bonds is 8. The quantitative estimate of drug-likeness (QED) is 0.549. The van der Waals surface area contributed by atoms with E-state index in [1.165, 1.54) is 18.2 Å². The minimum atomic E-state index is -0.473. The fraction of sp³-hybridized carbons (Fsp3) is 0.250. The lowest BCUT2D eigenvalue weighted by molar-refractivity contribution is 0.102. The van der Waals surface area contributed by atoms with Crippen molar-refractivity contribution in [2.45, 2.75) is 19.8 Å². The number of hydrogen-bond acceptors (Lipinski definition) is 3. The predicted octanol–water partition coefficient (Wildman–Crippen LogP) is 4.87. The summed E-state index contributed by atoms with van der Waals surface area (Å²) in [6.07, 6.45) is 1.83. The first-order valence-corrected chi connectivity index (χ1v) is 8.12. The monoisotopic (exact) mass is 343 g/mol. The molecule has 2 aromatic rings. The van der Waals surface area contributed by atoms with Crippen molar-refractivity contribution in [3.8, 4) is 5.75 Å². The van der Waals surface area contributed by atoms with E-state index in [2.05, 4.69) is 11.9 Å². The summed E-state index contributed by atoms with van der Waals surface area (Å²) in [5, 5.41) is 2.76. The van der Waals surface area contributed by atoms with Crippen LogP contribution >= 0.6 is 0 Å². The Balaban J connectivity index is 2.14. The van der Waals surface area contributed by atoms with E-state index in [-0.39, 0.29) is 17.2 Å². The number of carbonyl (C=O) groups excluding carboxylic acids is 1. The number of halogens is 1. The van der Waals surface area contributed by atoms with Crippen LogP contribution in [-0.4, -0.2) is 19.6 Å². The molecule has 0 aliphatic heterocycles. The molecule has 5 heteroatoms. The Morgan fingerprint density at radius 3 is 2.76 bits per heavy atom. The van der Waals surface area contributed by atoms with E-state index in [1.54, 1.807) is 31.4 Å². The molecule has 25 heavy (non-hydrogen) atoms. The molecule has 0 spiro atoms. The van der Waals surface area contributed by atoms with Crippen LogP contribution in [0.3, 0.4) is 0 Å². The standard InChI is InChI=1S/C20H22FNO3/c1-4-5-11-25-14(2)18-12-15(9-10-19(18)21)20(23)22-16-7-6-8-17(13-16)24-3/h6-10,12-13H,2,4-5,11H2,1,3H3,(H,22,23). The van der Waals surface area contributed by atoms with Crippen molar-refractivity contribution >= 4 is 17.4 Å². The van der Waals surface area contributed by atoms with Gasteiger partial charge in [0, 0.05) is 17.3 Å². The fourth-order valence-corrected chi connectivity index (χ4v) is 2.20. The summed E-state index contributed by atoms with van der Waals surface area (Å²) in [6.45, 7) is 6.26. The maximum absolute atomic E-state index is 14.0. The summed E-state index contributed by atoms with van der Waals surface area (Å²) in [5.41, 5.74) is 1.10. The molecule has 0 bridgehead atoms. The first kappa shape index (κ1) is 18.5. The number of benzene rings is 2. The largest absolute Gasteiger partial charge is 0.497 e. The lowest BCUT2D eigenvalue weighted by Crippen LogP contribution is -2.12. The normalized spacial score (nSPS) is 10.2. The van der Waals surface area contributed by atoms with Gasteiger partial charge in [0.1, 0.15) is 17.3 Å². The maximum Gasteiger partial charge on any atom is 0.255 e. The minimum Gasteiger partial charge on any atom is -0.497 e. The number of unbranched alkanes of at least 4 members (excludes halogenated alkanes) is 1. The third kappa shape index (κ3) is 5.08. The third-order valence-electron chi connectivity index (χ3n) is 3.63. The van der Waals surface area contributed by atoms with Gasteiger partial charge in [0.2, 0.25) is 0 Å². The Hall–Kier alpha value is -2.82. The van der Waals surface area contributed by atoms with Crippen molar-refractivity contribution in [2.75, 3.05) is 19.0 Å². The summed E-state index contributed by atoms with van der Waals surface area (Å²) in [7, 11) is 1.55. The molecule has 0 aliphatic carbocycles. The Bertz CT molecular complexity index is 758. The van der Waals surface area contributed by atoms with E-state index in [9.17, 15) is 9.18 Å². The maximum atomic E-state index is 14.0. The van der Waals surface area contributed by atoms with Gasteiger partial charge < -0.3 is 14.8 Å². The molecule has 0 heterocycles. The molecule has 1 N–H and O–H groups in total. The van der Waals surface area contributed by atoms with Crippen molar-refractivity contribution in [1.82, 2.24) is 0 Å². The zero-order valence-electron chi connectivity index (χ0n) is 14.5. The lowest BCUT2D eigenvalue weighted by atomic mass is 10.1. The number of ether oxygens (including phenoxy) is 2. The molecule has 0 fully saturated rings. The van der Waals surface area contributed by atoms with E-state index >= 15 is 0 Å². The Labute approximate surface area is 147 Å². The Morgan fingerprint density at radius 2 is 2.04 bits per heavy atom. The molecule has 0 radical (unpaired) electrons. The molecule has 2 rings (SSSR count). The van der Waals surface area contributed by atoms with Gasteiger partial charge in [-0.15, -0.1) is 0 Å². The van der Waals surface area contributed by atoms with Gasteiger partial charge in [-0.25, -0.2) is 4.39 Å². The van der Waals surface area contributed by atoms with Crippen LogP contribution in [0.2, 0.25) is 0 Å². The number of nitrogens with one attached hydrogen (secondary N) is 1. The molecular formula is C20H22FNO3. The average molecular weight is 343 g/mol. The van der Waals surface area contributed by atoms with Gasteiger partial charge in [-0.3, -0.25) is 4.79 Å². The smallest absolute Gasteiger partial charge is 0.255 e. The third-order valence-corrected chi connectivity index (χ3v) is 3.63. The van der Waals surface area contributed by atoms with Crippen molar-refractivity contribution in [3.63, 3.8) is 0 Å². The van der Waals surface area contributed by atoms with E-state index in [4.69, 9.17) is 9.47 Å². The molecule has 1 amide bonds. The lowest BCUT2D eigenvalue weighted by Gasteiger charge is -2.12. The summed E-state index contributed by atoms with van der Waals surface area (Å²) in [4.78, 5) is 12.4. The van der Waals surface area contributed by atoms with Gasteiger partial charge in [0.05, 0.1) is 19.3 Å². The van der Waals surface area contributed by atoms with Crippen LogP contribution in [0.4, 0.5) is 10.1 Å². The summed E-state index contributed by atoms with van der Waals surface area (Å²) in [5.74, 6) is 0.0348. The summed E-state index contributed by atoms with van der Waals surface area (Å²) < 4.78 is 24.6. The van der Waals surface area contributed by atoms with Gasteiger partial charge in [-0.2, -0.15) is 0 Å². The van der Waals surface area contributed by atoms with Gasteiger partial charge in [-0.1, -0.05) is 26.0 Å². The second-order valence-electron chi connectivity index (χ2n) is 5.51. The molecule has 0 unspecified atom stereocenters. The van der Waals surface area contributed by atoms with Crippen molar-refractivity contribution in [3.05, 3.63) is 66.0 Å². The summed E-state index contributed by atoms with van der Waals surface area (Å²) in [6, 6.07) is 11.1. The summed E-state index contributed by atoms with van der Waals surface area (Å²) >= 11 is 0. The molecular weight excluding hydrogens is 321 g/mol. The number of hydrogen-bond donors (Lipinski definition) is 1. The first-order chi connectivity index (χ1) is 12.0. The van der Waals surface area contributed by atoms with Gasteiger partial charge in [0.15, 0.2) is 0 Å². The fourth-order valence-electron chi connectivity index (χ4n) is 2.20. The molecule has 0 atom stereocenters. The Kier molecular flexibility index (Phi) is 6.57. The van der Waals surface area contributed by atoms with Gasteiger partial charge in [-0.05, 0) is 36.8 Å². The van der Waals surface area contributed by atoms with Gasteiger partial charge >= 0.3 is 0 Å². The number of anilines is 1. The van der Waals surface area contributed by atoms with E-state index in [1.807, 2.05) is 6.92 Å². The van der Waals surface area contributed by atoms with Crippen LogP contribution in [-0.2, 0) is 4.74 Å². The van der Waals surface area contributed by atoms with E-state index < -0.39 is 5.82 Å². The number of carbonyl (C=O) groups is 1. The topological polar surface area (TPSA) is 47.6 Å². The highest BCUT2D eigenvalue weighted by molar-refractivity contribution is 6.04. The van der Waals surface area contributed by atoms with Crippen LogP contribution < -0.4 is 10.1 Å². The average Bonchev–Trinajstić information content (AvgIpc) is 2.62. The SMILES string of the molecule is C=C(OCCCC)c1cc(C(=O)Nc2cccc(OC)c2)ccc1F. The molecule has 2 aromatic carbocycles. The second kappa shape index (κ2) is 8.87.